The van der Waals surface area contributed by atoms with Crippen molar-refractivity contribution in [2.75, 3.05) is 15.4 Å². The Balaban J connectivity index is 1.83. The van der Waals surface area contributed by atoms with Crippen LogP contribution in [0.15, 0.2) is 36.4 Å². The molecule has 26 heavy (non-hydrogen) atoms. The van der Waals surface area contributed by atoms with E-state index in [4.69, 9.17) is 11.6 Å². The molecule has 8 heteroatoms. The van der Waals surface area contributed by atoms with Crippen LogP contribution in [-0.2, 0) is 14.8 Å². The van der Waals surface area contributed by atoms with E-state index in [0.717, 1.165) is 15.4 Å². The third-order valence-electron chi connectivity index (χ3n) is 4.11. The second kappa shape index (κ2) is 6.74. The number of amides is 2. The summed E-state index contributed by atoms with van der Waals surface area (Å²) in [5.41, 5.74) is 2.92. The summed E-state index contributed by atoms with van der Waals surface area (Å²) < 4.78 is 24.7. The van der Waals surface area contributed by atoms with Gasteiger partial charge in [-0.3, -0.25) is 9.59 Å². The topological polar surface area (TPSA) is 83.6 Å². The van der Waals surface area contributed by atoms with Crippen LogP contribution < -0.4 is 9.62 Å². The molecule has 2 amide bonds. The van der Waals surface area contributed by atoms with Crippen molar-refractivity contribution in [1.82, 2.24) is 0 Å². The number of anilines is 2. The maximum Gasteiger partial charge on any atom is 0.255 e. The summed E-state index contributed by atoms with van der Waals surface area (Å²) in [4.78, 5) is 24.3. The van der Waals surface area contributed by atoms with Crippen molar-refractivity contribution in [2.24, 2.45) is 0 Å². The molecule has 3 rings (SSSR count). The van der Waals surface area contributed by atoms with Gasteiger partial charge >= 0.3 is 0 Å². The first-order valence-electron chi connectivity index (χ1n) is 7.93. The molecule has 136 valence electrons. The Hall–Kier alpha value is -2.38. The van der Waals surface area contributed by atoms with E-state index < -0.39 is 15.9 Å². The second-order valence-corrected chi connectivity index (χ2v) is 8.51. The van der Waals surface area contributed by atoms with Crippen LogP contribution >= 0.6 is 11.6 Å². The van der Waals surface area contributed by atoms with Gasteiger partial charge in [0.05, 0.1) is 22.2 Å². The number of hydrogen-bond acceptors (Lipinski definition) is 4. The lowest BCUT2D eigenvalue weighted by atomic mass is 10.1. The van der Waals surface area contributed by atoms with E-state index in [2.05, 4.69) is 5.32 Å². The Morgan fingerprint density at radius 2 is 1.81 bits per heavy atom. The molecule has 2 aromatic carbocycles. The number of carbonyl (C=O) groups excluding carboxylic acids is 2. The highest BCUT2D eigenvalue weighted by Gasteiger charge is 2.36. The number of halogens is 1. The molecule has 1 aliphatic rings. The molecule has 0 spiro atoms. The maximum absolute atomic E-state index is 12.5. The van der Waals surface area contributed by atoms with Gasteiger partial charge in [-0.1, -0.05) is 17.7 Å². The average Bonchev–Trinajstić information content (AvgIpc) is 2.84. The van der Waals surface area contributed by atoms with Crippen LogP contribution in [0, 0.1) is 13.8 Å². The first kappa shape index (κ1) is 18.4. The number of hydrogen-bond donors (Lipinski definition) is 1. The van der Waals surface area contributed by atoms with E-state index in [-0.39, 0.29) is 23.8 Å². The van der Waals surface area contributed by atoms with Gasteiger partial charge in [0, 0.05) is 12.0 Å². The zero-order valence-corrected chi connectivity index (χ0v) is 15.8. The van der Waals surface area contributed by atoms with Crippen molar-refractivity contribution in [3.63, 3.8) is 0 Å². The van der Waals surface area contributed by atoms with Crippen molar-refractivity contribution in [3.05, 3.63) is 58.1 Å². The van der Waals surface area contributed by atoms with Crippen LogP contribution in [0.4, 0.5) is 11.4 Å². The molecule has 1 N–H and O–H groups in total. The predicted molar refractivity (Wildman–Crippen MR) is 101 cm³/mol. The minimum absolute atomic E-state index is 0.0320. The van der Waals surface area contributed by atoms with Crippen molar-refractivity contribution < 1.29 is 18.0 Å². The summed E-state index contributed by atoms with van der Waals surface area (Å²) >= 11 is 6.20. The van der Waals surface area contributed by atoms with Crippen molar-refractivity contribution in [2.45, 2.75) is 20.3 Å². The number of nitrogens with one attached hydrogen (secondary N) is 1. The minimum atomic E-state index is -3.62. The number of benzene rings is 2. The Labute approximate surface area is 156 Å². The zero-order valence-electron chi connectivity index (χ0n) is 14.2. The zero-order chi connectivity index (χ0) is 19.1. The molecule has 0 radical (unpaired) electrons. The van der Waals surface area contributed by atoms with E-state index in [1.54, 1.807) is 6.07 Å². The number of sulfonamides is 1. The van der Waals surface area contributed by atoms with Gasteiger partial charge in [-0.25, -0.2) is 12.7 Å². The first-order chi connectivity index (χ1) is 12.2. The van der Waals surface area contributed by atoms with E-state index in [1.165, 1.54) is 24.3 Å². The highest BCUT2D eigenvalue weighted by atomic mass is 35.5. The Morgan fingerprint density at radius 3 is 2.35 bits per heavy atom. The van der Waals surface area contributed by atoms with Crippen LogP contribution in [0.3, 0.4) is 0 Å². The molecule has 6 nitrogen and oxygen atoms in total. The average molecular weight is 393 g/mol. The SMILES string of the molecule is Cc1cc(C)c(NC(=O)c2ccc(N3C(=O)CCS3(=O)=O)cc2)c(Cl)c1. The second-order valence-electron chi connectivity index (χ2n) is 6.16. The summed E-state index contributed by atoms with van der Waals surface area (Å²) in [6.07, 6.45) is -0.0320. The number of carbonyl (C=O) groups is 2. The Morgan fingerprint density at radius 1 is 1.15 bits per heavy atom. The first-order valence-corrected chi connectivity index (χ1v) is 9.92. The Bertz CT molecular complexity index is 977. The van der Waals surface area contributed by atoms with E-state index in [0.29, 0.717) is 16.3 Å². The highest BCUT2D eigenvalue weighted by molar-refractivity contribution is 7.94. The molecule has 1 heterocycles. The molecule has 0 atom stereocenters. The fourth-order valence-electron chi connectivity index (χ4n) is 2.88. The van der Waals surface area contributed by atoms with Crippen LogP contribution in [-0.4, -0.2) is 26.0 Å². The van der Waals surface area contributed by atoms with Gasteiger partial charge in [-0.2, -0.15) is 0 Å². The smallest absolute Gasteiger partial charge is 0.255 e. The fraction of sp³-hybridized carbons (Fsp3) is 0.222. The molecule has 2 aromatic rings. The van der Waals surface area contributed by atoms with Gasteiger partial charge in [-0.15, -0.1) is 0 Å². The number of rotatable bonds is 3. The third kappa shape index (κ3) is 3.45. The van der Waals surface area contributed by atoms with Gasteiger partial charge < -0.3 is 5.32 Å². The molecule has 0 saturated carbocycles. The third-order valence-corrected chi connectivity index (χ3v) is 6.10. The van der Waals surface area contributed by atoms with E-state index in [1.807, 2.05) is 19.9 Å². The number of nitrogens with zero attached hydrogens (tertiary/aromatic N) is 1. The van der Waals surface area contributed by atoms with Gasteiger partial charge in [0.15, 0.2) is 0 Å². The molecular formula is C18H17ClN2O4S. The lowest BCUT2D eigenvalue weighted by Gasteiger charge is -2.15. The molecule has 0 bridgehead atoms. The molecule has 1 aliphatic heterocycles. The quantitative estimate of drug-likeness (QED) is 0.868. The normalized spacial score (nSPS) is 16.0. The summed E-state index contributed by atoms with van der Waals surface area (Å²) in [7, 11) is -3.62. The van der Waals surface area contributed by atoms with Crippen LogP contribution in [0.2, 0.25) is 5.02 Å². The lowest BCUT2D eigenvalue weighted by Crippen LogP contribution is -2.29. The van der Waals surface area contributed by atoms with Crippen LogP contribution in [0.5, 0.6) is 0 Å². The fourth-order valence-corrected chi connectivity index (χ4v) is 4.70. The molecule has 1 saturated heterocycles. The molecule has 1 fully saturated rings. The predicted octanol–water partition coefficient (Wildman–Crippen LogP) is 3.28. The monoisotopic (exact) mass is 392 g/mol. The van der Waals surface area contributed by atoms with Crippen molar-refractivity contribution >= 4 is 44.8 Å². The molecule has 0 aliphatic carbocycles. The summed E-state index contributed by atoms with van der Waals surface area (Å²) in [5, 5.41) is 3.21. The van der Waals surface area contributed by atoms with Gasteiger partial charge in [0.2, 0.25) is 15.9 Å². The van der Waals surface area contributed by atoms with E-state index >= 15 is 0 Å². The molecular weight excluding hydrogens is 376 g/mol. The summed E-state index contributed by atoms with van der Waals surface area (Å²) in [6.45, 7) is 3.76. The minimum Gasteiger partial charge on any atom is -0.320 e. The largest absolute Gasteiger partial charge is 0.320 e. The van der Waals surface area contributed by atoms with Gasteiger partial charge in [-0.05, 0) is 55.3 Å². The van der Waals surface area contributed by atoms with Gasteiger partial charge in [0.25, 0.3) is 5.91 Å². The maximum atomic E-state index is 12.5. The standard InChI is InChI=1S/C18H17ClN2O4S/c1-11-9-12(2)17(15(19)10-11)20-18(23)13-3-5-14(6-4-13)21-16(22)7-8-26(21,24)25/h3-6,9-10H,7-8H2,1-2H3,(H,20,23). The summed E-state index contributed by atoms with van der Waals surface area (Å²) in [6, 6.07) is 9.51. The van der Waals surface area contributed by atoms with Crippen LogP contribution in [0.1, 0.15) is 27.9 Å². The van der Waals surface area contributed by atoms with E-state index in [9.17, 15) is 18.0 Å². The number of aryl methyl sites for hydroxylation is 2. The molecule has 0 unspecified atom stereocenters. The Kier molecular flexibility index (Phi) is 4.77. The molecule has 0 aromatic heterocycles. The summed E-state index contributed by atoms with van der Waals surface area (Å²) in [5.74, 6) is -1.04. The van der Waals surface area contributed by atoms with Crippen molar-refractivity contribution in [1.29, 1.82) is 0 Å². The highest BCUT2D eigenvalue weighted by Crippen LogP contribution is 2.29. The van der Waals surface area contributed by atoms with Gasteiger partial charge in [0.1, 0.15) is 0 Å². The van der Waals surface area contributed by atoms with Crippen LogP contribution in [0.25, 0.3) is 0 Å². The lowest BCUT2D eigenvalue weighted by molar-refractivity contribution is -0.116. The van der Waals surface area contributed by atoms with Crippen molar-refractivity contribution in [3.8, 4) is 0 Å².